The molecule has 0 atom stereocenters. The third-order valence-electron chi connectivity index (χ3n) is 3.50. The lowest BCUT2D eigenvalue weighted by molar-refractivity contribution is 0.356. The first-order valence-electron chi connectivity index (χ1n) is 6.39. The van der Waals surface area contributed by atoms with E-state index in [1.54, 1.807) is 18.5 Å². The fourth-order valence-electron chi connectivity index (χ4n) is 2.29. The van der Waals surface area contributed by atoms with E-state index in [4.69, 9.17) is 0 Å². The van der Waals surface area contributed by atoms with Crippen molar-refractivity contribution in [1.82, 2.24) is 9.78 Å². The van der Waals surface area contributed by atoms with Gasteiger partial charge in [0.05, 0.1) is 22.7 Å². The topological polar surface area (TPSA) is 72.2 Å². The lowest BCUT2D eigenvalue weighted by Crippen LogP contribution is -2.16. The molecular formula is C12H20N2O3S. The summed E-state index contributed by atoms with van der Waals surface area (Å²) in [7, 11) is -3.17. The zero-order chi connectivity index (χ0) is 13.3. The standard InChI is InChI=1S/C12H20N2O3S/c1-9(2)18(16,17)8-10-7-12(15)14(13-10)11-5-3-4-6-11/h7,9,11,15H,3-6,8H2,1-2H3. The molecule has 1 N–H and O–H groups in total. The van der Waals surface area contributed by atoms with Crippen molar-refractivity contribution in [3.63, 3.8) is 0 Å². The van der Waals surface area contributed by atoms with Crippen molar-refractivity contribution in [3.05, 3.63) is 11.8 Å². The summed E-state index contributed by atoms with van der Waals surface area (Å²) in [6.07, 6.45) is 4.30. The molecule has 5 nitrogen and oxygen atoms in total. The zero-order valence-electron chi connectivity index (χ0n) is 10.8. The Morgan fingerprint density at radius 1 is 1.44 bits per heavy atom. The number of rotatable bonds is 4. The molecule has 1 heterocycles. The van der Waals surface area contributed by atoms with Gasteiger partial charge < -0.3 is 5.11 Å². The van der Waals surface area contributed by atoms with Gasteiger partial charge in [-0.15, -0.1) is 0 Å². The number of aromatic nitrogens is 2. The quantitative estimate of drug-likeness (QED) is 0.910. The summed E-state index contributed by atoms with van der Waals surface area (Å²) in [4.78, 5) is 0. The molecule has 0 spiro atoms. The normalized spacial score (nSPS) is 17.7. The summed E-state index contributed by atoms with van der Waals surface area (Å²) in [5.74, 6) is -0.0198. The average Bonchev–Trinajstić information content (AvgIpc) is 2.86. The Kier molecular flexibility index (Phi) is 3.66. The summed E-state index contributed by atoms with van der Waals surface area (Å²) in [6, 6.07) is 1.69. The first-order valence-corrected chi connectivity index (χ1v) is 8.10. The van der Waals surface area contributed by atoms with Gasteiger partial charge in [-0.3, -0.25) is 0 Å². The molecular weight excluding hydrogens is 252 g/mol. The molecule has 2 rings (SSSR count). The van der Waals surface area contributed by atoms with Crippen LogP contribution in [-0.4, -0.2) is 28.6 Å². The number of sulfone groups is 1. The van der Waals surface area contributed by atoms with Crippen LogP contribution in [0.25, 0.3) is 0 Å². The van der Waals surface area contributed by atoms with Crippen LogP contribution in [0.3, 0.4) is 0 Å². The highest BCUT2D eigenvalue weighted by atomic mass is 32.2. The minimum atomic E-state index is -3.17. The van der Waals surface area contributed by atoms with Crippen molar-refractivity contribution in [2.75, 3.05) is 0 Å². The van der Waals surface area contributed by atoms with Gasteiger partial charge in [0, 0.05) is 6.07 Å². The SMILES string of the molecule is CC(C)S(=O)(=O)Cc1cc(O)n(C2CCCC2)n1. The molecule has 0 aliphatic heterocycles. The Morgan fingerprint density at radius 3 is 2.61 bits per heavy atom. The summed E-state index contributed by atoms with van der Waals surface area (Å²) >= 11 is 0. The highest BCUT2D eigenvalue weighted by Crippen LogP contribution is 2.32. The number of hydrogen-bond acceptors (Lipinski definition) is 4. The van der Waals surface area contributed by atoms with Gasteiger partial charge in [0.2, 0.25) is 5.88 Å². The number of nitrogens with zero attached hydrogens (tertiary/aromatic N) is 2. The molecule has 6 heteroatoms. The average molecular weight is 272 g/mol. The van der Waals surface area contributed by atoms with E-state index < -0.39 is 15.1 Å². The molecule has 102 valence electrons. The van der Waals surface area contributed by atoms with Crippen molar-refractivity contribution in [1.29, 1.82) is 0 Å². The smallest absolute Gasteiger partial charge is 0.209 e. The van der Waals surface area contributed by atoms with E-state index >= 15 is 0 Å². The van der Waals surface area contributed by atoms with Crippen LogP contribution in [0.2, 0.25) is 0 Å². The molecule has 1 aliphatic carbocycles. The highest BCUT2D eigenvalue weighted by Gasteiger charge is 2.24. The molecule has 0 saturated heterocycles. The van der Waals surface area contributed by atoms with Crippen LogP contribution in [0.4, 0.5) is 0 Å². The Hall–Kier alpha value is -1.04. The molecule has 0 aromatic carbocycles. The van der Waals surface area contributed by atoms with Gasteiger partial charge in [-0.2, -0.15) is 5.10 Å². The minimum Gasteiger partial charge on any atom is -0.493 e. The van der Waals surface area contributed by atoms with Gasteiger partial charge >= 0.3 is 0 Å². The van der Waals surface area contributed by atoms with Crippen molar-refractivity contribution < 1.29 is 13.5 Å². The van der Waals surface area contributed by atoms with Crippen molar-refractivity contribution in [3.8, 4) is 5.88 Å². The Labute approximate surface area is 108 Å². The van der Waals surface area contributed by atoms with Crippen LogP contribution < -0.4 is 0 Å². The third kappa shape index (κ3) is 2.68. The van der Waals surface area contributed by atoms with Crippen LogP contribution >= 0.6 is 0 Å². The maximum atomic E-state index is 11.8. The van der Waals surface area contributed by atoms with Crippen LogP contribution in [0.5, 0.6) is 5.88 Å². The fraction of sp³-hybridized carbons (Fsp3) is 0.750. The van der Waals surface area contributed by atoms with Gasteiger partial charge in [0.25, 0.3) is 0 Å². The predicted molar refractivity (Wildman–Crippen MR) is 69.2 cm³/mol. The monoisotopic (exact) mass is 272 g/mol. The van der Waals surface area contributed by atoms with Crippen molar-refractivity contribution in [2.24, 2.45) is 0 Å². The van der Waals surface area contributed by atoms with E-state index in [0.29, 0.717) is 5.69 Å². The second-order valence-electron chi connectivity index (χ2n) is 5.23. The van der Waals surface area contributed by atoms with Gasteiger partial charge in [-0.1, -0.05) is 12.8 Å². The van der Waals surface area contributed by atoms with Gasteiger partial charge in [-0.05, 0) is 26.7 Å². The molecule has 1 aromatic heterocycles. The predicted octanol–water partition coefficient (Wildman–Crippen LogP) is 2.03. The van der Waals surface area contributed by atoms with Crippen molar-refractivity contribution >= 4 is 9.84 Å². The van der Waals surface area contributed by atoms with E-state index in [-0.39, 0.29) is 17.7 Å². The second-order valence-corrected chi connectivity index (χ2v) is 7.79. The van der Waals surface area contributed by atoms with E-state index in [1.807, 2.05) is 0 Å². The molecule has 1 fully saturated rings. The highest BCUT2D eigenvalue weighted by molar-refractivity contribution is 7.91. The van der Waals surface area contributed by atoms with E-state index in [2.05, 4.69) is 5.10 Å². The first-order chi connectivity index (χ1) is 8.40. The summed E-state index contributed by atoms with van der Waals surface area (Å²) in [5.41, 5.74) is 0.438. The Balaban J connectivity index is 2.19. The van der Waals surface area contributed by atoms with Crippen LogP contribution in [0.15, 0.2) is 6.07 Å². The molecule has 0 radical (unpaired) electrons. The summed E-state index contributed by atoms with van der Waals surface area (Å²) < 4.78 is 25.2. The van der Waals surface area contributed by atoms with E-state index in [1.165, 1.54) is 6.07 Å². The summed E-state index contributed by atoms with van der Waals surface area (Å²) in [6.45, 7) is 3.31. The number of hydrogen-bond donors (Lipinski definition) is 1. The molecule has 1 aliphatic rings. The van der Waals surface area contributed by atoms with Gasteiger partial charge in [-0.25, -0.2) is 13.1 Å². The molecule has 0 bridgehead atoms. The van der Waals surface area contributed by atoms with E-state index in [0.717, 1.165) is 25.7 Å². The van der Waals surface area contributed by atoms with Crippen LogP contribution in [0.1, 0.15) is 51.3 Å². The Bertz CT molecular complexity index is 513. The largest absolute Gasteiger partial charge is 0.493 e. The molecule has 1 saturated carbocycles. The maximum absolute atomic E-state index is 11.8. The van der Waals surface area contributed by atoms with Gasteiger partial charge in [0.15, 0.2) is 9.84 Å². The minimum absolute atomic E-state index is 0.0795. The van der Waals surface area contributed by atoms with Crippen LogP contribution in [-0.2, 0) is 15.6 Å². The molecule has 0 amide bonds. The van der Waals surface area contributed by atoms with Gasteiger partial charge in [0.1, 0.15) is 0 Å². The van der Waals surface area contributed by atoms with Crippen LogP contribution in [0, 0.1) is 0 Å². The summed E-state index contributed by atoms with van der Waals surface area (Å²) in [5, 5.41) is 13.7. The molecule has 18 heavy (non-hydrogen) atoms. The lowest BCUT2D eigenvalue weighted by Gasteiger charge is -2.10. The zero-order valence-corrected chi connectivity index (χ0v) is 11.7. The lowest BCUT2D eigenvalue weighted by atomic mass is 10.3. The van der Waals surface area contributed by atoms with E-state index in [9.17, 15) is 13.5 Å². The fourth-order valence-corrected chi connectivity index (χ4v) is 3.18. The molecule has 1 aromatic rings. The third-order valence-corrected chi connectivity index (χ3v) is 5.64. The Morgan fingerprint density at radius 2 is 2.06 bits per heavy atom. The maximum Gasteiger partial charge on any atom is 0.209 e. The molecule has 0 unspecified atom stereocenters. The second kappa shape index (κ2) is 4.91. The number of aromatic hydroxyl groups is 1. The first kappa shape index (κ1) is 13.4. The van der Waals surface area contributed by atoms with Crippen molar-refractivity contribution in [2.45, 2.75) is 56.6 Å².